The Bertz CT molecular complexity index is 1300. The number of amides is 1. The van der Waals surface area contributed by atoms with E-state index in [1.54, 1.807) is 16.7 Å². The van der Waals surface area contributed by atoms with Gasteiger partial charge >= 0.3 is 17.8 Å². The molecule has 13 heteroatoms. The van der Waals surface area contributed by atoms with Crippen LogP contribution in [0.25, 0.3) is 11.0 Å². The van der Waals surface area contributed by atoms with E-state index in [9.17, 15) is 31.5 Å². The summed E-state index contributed by atoms with van der Waals surface area (Å²) in [5, 5.41) is 10.1. The van der Waals surface area contributed by atoms with Crippen molar-refractivity contribution in [3.8, 4) is 0 Å². The molecule has 1 aliphatic heterocycles. The maximum absolute atomic E-state index is 14.0. The number of nitrogens with one attached hydrogen (secondary N) is 2. The van der Waals surface area contributed by atoms with Crippen LogP contribution < -0.4 is 11.0 Å². The summed E-state index contributed by atoms with van der Waals surface area (Å²) >= 11 is 0. The number of benzene rings is 2. The molecule has 200 valence electrons. The van der Waals surface area contributed by atoms with E-state index in [1.165, 1.54) is 30.3 Å². The number of nitrogens with zero attached hydrogens (tertiary/aromatic N) is 2. The van der Waals surface area contributed by atoms with Gasteiger partial charge in [0.2, 0.25) is 0 Å². The molecule has 1 aromatic heterocycles. The fraction of sp³-hybridized carbons (Fsp3) is 0.375. The number of rotatable bonds is 5. The number of carboxylic acid groups (broad SMARTS) is 1. The van der Waals surface area contributed by atoms with Crippen molar-refractivity contribution in [2.45, 2.75) is 38.0 Å². The molecular weight excluding hydrogens is 503 g/mol. The lowest BCUT2D eigenvalue weighted by molar-refractivity contribution is -0.192. The smallest absolute Gasteiger partial charge is 0.475 e. The maximum Gasteiger partial charge on any atom is 0.490 e. The fourth-order valence-corrected chi connectivity index (χ4v) is 4.18. The van der Waals surface area contributed by atoms with Crippen molar-refractivity contribution in [2.75, 3.05) is 19.6 Å². The molecule has 0 saturated carbocycles. The number of H-pyrrole nitrogens is 1. The van der Waals surface area contributed by atoms with Gasteiger partial charge in [0.1, 0.15) is 17.2 Å². The van der Waals surface area contributed by atoms with Crippen LogP contribution in [0.2, 0.25) is 0 Å². The lowest BCUT2D eigenvalue weighted by Gasteiger charge is -2.34. The van der Waals surface area contributed by atoms with Gasteiger partial charge in [0.25, 0.3) is 5.91 Å². The number of halogens is 5. The minimum Gasteiger partial charge on any atom is -0.475 e. The van der Waals surface area contributed by atoms with E-state index in [0.717, 1.165) is 25.9 Å². The molecule has 3 aromatic rings. The lowest BCUT2D eigenvalue weighted by atomic mass is 10.0. The number of hydrogen-bond acceptors (Lipinski definition) is 4. The van der Waals surface area contributed by atoms with Gasteiger partial charge < -0.3 is 20.3 Å². The Balaban J connectivity index is 0.000000479. The molecule has 1 aliphatic rings. The monoisotopic (exact) mass is 528 g/mol. The molecule has 0 spiro atoms. The Labute approximate surface area is 207 Å². The highest BCUT2D eigenvalue weighted by Gasteiger charge is 2.38. The molecule has 0 aliphatic carbocycles. The van der Waals surface area contributed by atoms with E-state index in [0.29, 0.717) is 17.6 Å². The SMILES string of the molecule is C[C@@H](CN1CCC(n2c(=O)[nH]c3c(F)cccc32)CC1)NC(=O)c1ccc(F)cc1.O=C(O)C(F)(F)F. The highest BCUT2D eigenvalue weighted by Crippen LogP contribution is 2.25. The molecule has 3 N–H and O–H groups in total. The predicted molar refractivity (Wildman–Crippen MR) is 124 cm³/mol. The minimum atomic E-state index is -5.08. The summed E-state index contributed by atoms with van der Waals surface area (Å²) in [5.74, 6) is -3.79. The first-order valence-electron chi connectivity index (χ1n) is 11.3. The minimum absolute atomic E-state index is 0.00779. The number of aromatic nitrogens is 2. The lowest BCUT2D eigenvalue weighted by Crippen LogP contribution is -2.45. The van der Waals surface area contributed by atoms with Gasteiger partial charge in [-0.2, -0.15) is 13.2 Å². The third-order valence-electron chi connectivity index (χ3n) is 5.88. The summed E-state index contributed by atoms with van der Waals surface area (Å²) in [6, 6.07) is 10.1. The number of alkyl halides is 3. The van der Waals surface area contributed by atoms with Crippen molar-refractivity contribution in [1.29, 1.82) is 0 Å². The Hall–Kier alpha value is -3.74. The number of aromatic amines is 1. The van der Waals surface area contributed by atoms with Gasteiger partial charge in [0, 0.05) is 37.3 Å². The quantitative estimate of drug-likeness (QED) is 0.438. The van der Waals surface area contributed by atoms with Gasteiger partial charge in [-0.15, -0.1) is 0 Å². The van der Waals surface area contributed by atoms with Crippen molar-refractivity contribution in [1.82, 2.24) is 19.8 Å². The van der Waals surface area contributed by atoms with Crippen molar-refractivity contribution >= 4 is 22.9 Å². The van der Waals surface area contributed by atoms with E-state index < -0.39 is 18.0 Å². The van der Waals surface area contributed by atoms with E-state index in [-0.39, 0.29) is 35.0 Å². The molecule has 1 atom stereocenters. The molecule has 2 aromatic carbocycles. The Morgan fingerprint density at radius 3 is 2.27 bits per heavy atom. The van der Waals surface area contributed by atoms with Crippen LogP contribution in [0.3, 0.4) is 0 Å². The van der Waals surface area contributed by atoms with Crippen molar-refractivity contribution in [3.63, 3.8) is 0 Å². The molecule has 8 nitrogen and oxygen atoms in total. The van der Waals surface area contributed by atoms with Crippen molar-refractivity contribution < 1.29 is 36.6 Å². The first-order chi connectivity index (χ1) is 17.4. The van der Waals surface area contributed by atoms with E-state index in [4.69, 9.17) is 9.90 Å². The number of piperidine rings is 1. The van der Waals surface area contributed by atoms with Crippen LogP contribution in [0.15, 0.2) is 47.3 Å². The highest BCUT2D eigenvalue weighted by molar-refractivity contribution is 5.94. The second kappa shape index (κ2) is 11.5. The zero-order chi connectivity index (χ0) is 27.3. The molecule has 37 heavy (non-hydrogen) atoms. The Morgan fingerprint density at radius 1 is 1.11 bits per heavy atom. The highest BCUT2D eigenvalue weighted by atomic mass is 19.4. The number of likely N-dealkylation sites (tertiary alicyclic amines) is 1. The summed E-state index contributed by atoms with van der Waals surface area (Å²) in [5.41, 5.74) is 0.988. The van der Waals surface area contributed by atoms with Crippen LogP contribution in [0.4, 0.5) is 22.0 Å². The number of fused-ring (bicyclic) bond motifs is 1. The zero-order valence-electron chi connectivity index (χ0n) is 19.7. The normalized spacial score (nSPS) is 15.6. The van der Waals surface area contributed by atoms with E-state index in [1.807, 2.05) is 6.92 Å². The predicted octanol–water partition coefficient (Wildman–Crippen LogP) is 3.70. The number of carbonyl (C=O) groups is 2. The molecule has 0 unspecified atom stereocenters. The largest absolute Gasteiger partial charge is 0.490 e. The van der Waals surface area contributed by atoms with Crippen LogP contribution in [0.1, 0.15) is 36.2 Å². The average Bonchev–Trinajstić information content (AvgIpc) is 3.17. The molecular formula is C24H25F5N4O4. The van der Waals surface area contributed by atoms with Crippen molar-refractivity contribution in [2.24, 2.45) is 0 Å². The standard InChI is InChI=1S/C22H24F2N4O2.C2HF3O2/c1-14(25-21(29)15-5-7-16(23)8-6-15)13-27-11-9-17(10-12-27)28-19-4-2-3-18(24)20(19)26-22(28)30;3-2(4,5)1(6)7/h2-8,14,17H,9-13H2,1H3,(H,25,29)(H,26,30);(H,6,7)/t14-;/m0./s1. The number of imidazole rings is 1. The zero-order valence-corrected chi connectivity index (χ0v) is 19.7. The van der Waals surface area contributed by atoms with Gasteiger partial charge in [0.05, 0.1) is 5.52 Å². The number of carbonyl (C=O) groups excluding carboxylic acids is 1. The van der Waals surface area contributed by atoms with E-state index in [2.05, 4.69) is 15.2 Å². The van der Waals surface area contributed by atoms with Gasteiger partial charge in [-0.3, -0.25) is 9.36 Å². The number of hydrogen-bond donors (Lipinski definition) is 3. The topological polar surface area (TPSA) is 107 Å². The van der Waals surface area contributed by atoms with Crippen LogP contribution in [-0.2, 0) is 4.79 Å². The number of aliphatic carboxylic acids is 1. The van der Waals surface area contributed by atoms with Crippen LogP contribution in [0, 0.1) is 11.6 Å². The second-order valence-electron chi connectivity index (χ2n) is 8.65. The number of carboxylic acids is 1. The van der Waals surface area contributed by atoms with Crippen molar-refractivity contribution in [3.05, 3.63) is 70.1 Å². The molecule has 2 heterocycles. The molecule has 4 rings (SSSR count). The summed E-state index contributed by atoms with van der Waals surface area (Å²) in [4.78, 5) is 38.4. The van der Waals surface area contributed by atoms with Gasteiger partial charge in [-0.05, 0) is 56.2 Å². The number of para-hydroxylation sites is 1. The first-order valence-corrected chi connectivity index (χ1v) is 11.3. The molecule has 1 fully saturated rings. The second-order valence-corrected chi connectivity index (χ2v) is 8.65. The van der Waals surface area contributed by atoms with Crippen LogP contribution in [0.5, 0.6) is 0 Å². The van der Waals surface area contributed by atoms with Gasteiger partial charge in [-0.1, -0.05) is 6.07 Å². The molecule has 1 amide bonds. The molecule has 0 bridgehead atoms. The Morgan fingerprint density at radius 2 is 1.70 bits per heavy atom. The van der Waals surface area contributed by atoms with Crippen LogP contribution >= 0.6 is 0 Å². The molecule has 0 radical (unpaired) electrons. The summed E-state index contributed by atoms with van der Waals surface area (Å²) in [6.45, 7) is 4.16. The van der Waals surface area contributed by atoms with Gasteiger partial charge in [0.15, 0.2) is 0 Å². The molecule has 1 saturated heterocycles. The first kappa shape index (κ1) is 27.8. The Kier molecular flexibility index (Phi) is 8.69. The summed E-state index contributed by atoms with van der Waals surface area (Å²) < 4.78 is 60.4. The fourth-order valence-electron chi connectivity index (χ4n) is 4.18. The third-order valence-corrected chi connectivity index (χ3v) is 5.88. The van der Waals surface area contributed by atoms with E-state index >= 15 is 0 Å². The third kappa shape index (κ3) is 7.15. The van der Waals surface area contributed by atoms with Crippen LogP contribution in [-0.4, -0.2) is 63.3 Å². The summed E-state index contributed by atoms with van der Waals surface area (Å²) in [7, 11) is 0. The maximum atomic E-state index is 14.0. The van der Waals surface area contributed by atoms with Gasteiger partial charge in [-0.25, -0.2) is 18.4 Å². The summed E-state index contributed by atoms with van der Waals surface area (Å²) in [6.07, 6.45) is -3.55. The average molecular weight is 528 g/mol.